The first-order valence-electron chi connectivity index (χ1n) is 10.8. The van der Waals surface area contributed by atoms with E-state index in [9.17, 15) is 9.18 Å². The highest BCUT2D eigenvalue weighted by molar-refractivity contribution is 6.31. The summed E-state index contributed by atoms with van der Waals surface area (Å²) >= 11 is 6.18. The number of halogens is 2. The minimum Gasteiger partial charge on any atom is -0.488 e. The van der Waals surface area contributed by atoms with Crippen LogP contribution in [-0.2, 0) is 11.3 Å². The number of benzene rings is 2. The van der Waals surface area contributed by atoms with Gasteiger partial charge in [0.25, 0.3) is 0 Å². The van der Waals surface area contributed by atoms with Crippen LogP contribution in [0.1, 0.15) is 57.6 Å². The zero-order valence-corrected chi connectivity index (χ0v) is 19.6. The van der Waals surface area contributed by atoms with E-state index in [0.29, 0.717) is 16.3 Å². The van der Waals surface area contributed by atoms with Gasteiger partial charge in [0.1, 0.15) is 18.2 Å². The molecule has 1 heterocycles. The van der Waals surface area contributed by atoms with Crippen molar-refractivity contribution in [3.8, 4) is 5.75 Å². The van der Waals surface area contributed by atoms with Crippen molar-refractivity contribution in [2.24, 2.45) is 0 Å². The molecule has 0 bridgehead atoms. The molecule has 0 atom stereocenters. The highest BCUT2D eigenvalue weighted by Crippen LogP contribution is 2.43. The Balaban J connectivity index is 1.72. The highest BCUT2D eigenvalue weighted by Gasteiger charge is 2.23. The summed E-state index contributed by atoms with van der Waals surface area (Å²) in [4.78, 5) is 16.6. The molecule has 0 saturated heterocycles. The number of carbonyl (C=O) groups excluding carboxylic acids is 1. The summed E-state index contributed by atoms with van der Waals surface area (Å²) in [5.74, 6) is -0.0278. The summed E-state index contributed by atoms with van der Waals surface area (Å²) in [5.41, 5.74) is 7.22. The predicted molar refractivity (Wildman–Crippen MR) is 128 cm³/mol. The Morgan fingerprint density at radius 2 is 1.88 bits per heavy atom. The lowest BCUT2D eigenvalue weighted by molar-refractivity contribution is 0.0599. The average molecular weight is 466 g/mol. The van der Waals surface area contributed by atoms with E-state index in [-0.39, 0.29) is 12.4 Å². The van der Waals surface area contributed by atoms with Crippen molar-refractivity contribution >= 4 is 28.7 Å². The minimum atomic E-state index is -0.391. The number of aryl methyl sites for hydroxylation is 2. The van der Waals surface area contributed by atoms with Crippen LogP contribution in [0.3, 0.4) is 0 Å². The van der Waals surface area contributed by atoms with Crippen molar-refractivity contribution in [3.63, 3.8) is 0 Å². The van der Waals surface area contributed by atoms with Gasteiger partial charge in [-0.1, -0.05) is 29.3 Å². The molecule has 170 valence electrons. The van der Waals surface area contributed by atoms with E-state index in [1.165, 1.54) is 24.8 Å². The van der Waals surface area contributed by atoms with Gasteiger partial charge < -0.3 is 9.47 Å². The molecule has 2 aromatic carbocycles. The first-order chi connectivity index (χ1) is 15.9. The molecule has 0 spiro atoms. The number of esters is 1. The van der Waals surface area contributed by atoms with Gasteiger partial charge in [-0.2, -0.15) is 0 Å². The monoisotopic (exact) mass is 465 g/mol. The Labute approximate surface area is 198 Å². The Bertz CT molecular complexity index is 1250. The molecule has 3 aromatic rings. The van der Waals surface area contributed by atoms with Gasteiger partial charge in [-0.25, -0.2) is 9.18 Å². The Morgan fingerprint density at radius 1 is 1.09 bits per heavy atom. The molecule has 1 aromatic heterocycles. The normalized spacial score (nSPS) is 13.4. The summed E-state index contributed by atoms with van der Waals surface area (Å²) < 4.78 is 24.5. The average Bonchev–Trinajstić information content (AvgIpc) is 3.28. The maximum atomic E-state index is 13.4. The molecule has 33 heavy (non-hydrogen) atoms. The van der Waals surface area contributed by atoms with Crippen LogP contribution in [0.25, 0.3) is 11.1 Å². The van der Waals surface area contributed by atoms with Crippen molar-refractivity contribution < 1.29 is 18.7 Å². The molecular weight excluding hydrogens is 441 g/mol. The van der Waals surface area contributed by atoms with Gasteiger partial charge in [0.2, 0.25) is 0 Å². The fraction of sp³-hybridized carbons (Fsp3) is 0.259. The Morgan fingerprint density at radius 3 is 2.64 bits per heavy atom. The third kappa shape index (κ3) is 4.93. The molecule has 0 N–H and O–H groups in total. The number of methoxy groups -OCH3 is 1. The number of hydrogen-bond donors (Lipinski definition) is 0. The number of hydrogen-bond acceptors (Lipinski definition) is 4. The van der Waals surface area contributed by atoms with Gasteiger partial charge >= 0.3 is 5.97 Å². The summed E-state index contributed by atoms with van der Waals surface area (Å²) in [7, 11) is 1.37. The number of rotatable bonds is 6. The van der Waals surface area contributed by atoms with Crippen molar-refractivity contribution in [3.05, 3.63) is 93.0 Å². The second kappa shape index (κ2) is 9.75. The molecule has 4 nitrogen and oxygen atoms in total. The van der Waals surface area contributed by atoms with Gasteiger partial charge in [-0.15, -0.1) is 0 Å². The third-order valence-electron chi connectivity index (χ3n) is 5.92. The number of aromatic nitrogens is 1. The molecule has 6 heteroatoms. The van der Waals surface area contributed by atoms with E-state index in [4.69, 9.17) is 21.1 Å². The van der Waals surface area contributed by atoms with Crippen LogP contribution in [0, 0.1) is 19.7 Å². The zero-order valence-electron chi connectivity index (χ0n) is 18.9. The number of nitrogens with zero attached hydrogens (tertiary/aromatic N) is 1. The second-order valence-electron chi connectivity index (χ2n) is 8.18. The summed E-state index contributed by atoms with van der Waals surface area (Å²) in [6, 6.07) is 12.2. The third-order valence-corrected chi connectivity index (χ3v) is 6.27. The van der Waals surface area contributed by atoms with Crippen LogP contribution >= 0.6 is 11.6 Å². The SMILES string of the molecule is COC(=O)c1cc(C2=C(c3cc(C)ccc3OCc3ccc(F)cc3Cl)CCC2)cnc1C. The molecule has 1 aliphatic carbocycles. The molecule has 0 amide bonds. The van der Waals surface area contributed by atoms with Gasteiger partial charge in [0.05, 0.1) is 23.4 Å². The molecule has 0 saturated carbocycles. The molecule has 0 unspecified atom stereocenters. The zero-order chi connectivity index (χ0) is 23.5. The van der Waals surface area contributed by atoms with E-state index in [1.54, 1.807) is 13.0 Å². The fourth-order valence-electron chi connectivity index (χ4n) is 4.17. The van der Waals surface area contributed by atoms with E-state index in [0.717, 1.165) is 52.8 Å². The Kier molecular flexibility index (Phi) is 6.80. The summed E-state index contributed by atoms with van der Waals surface area (Å²) in [6.45, 7) is 4.07. The maximum absolute atomic E-state index is 13.4. The number of allylic oxidation sites excluding steroid dienone is 2. The van der Waals surface area contributed by atoms with Gasteiger partial charge in [-0.05, 0) is 80.2 Å². The molecule has 1 aliphatic rings. The molecule has 0 radical (unpaired) electrons. The van der Waals surface area contributed by atoms with Crippen LogP contribution in [-0.4, -0.2) is 18.1 Å². The topological polar surface area (TPSA) is 48.4 Å². The van der Waals surface area contributed by atoms with Crippen molar-refractivity contribution in [1.82, 2.24) is 4.98 Å². The van der Waals surface area contributed by atoms with Gasteiger partial charge in [0, 0.05) is 17.3 Å². The van der Waals surface area contributed by atoms with Gasteiger partial charge in [0.15, 0.2) is 0 Å². The smallest absolute Gasteiger partial charge is 0.339 e. The van der Waals surface area contributed by atoms with Crippen LogP contribution in [0.2, 0.25) is 5.02 Å². The van der Waals surface area contributed by atoms with E-state index < -0.39 is 5.97 Å². The summed E-state index contributed by atoms with van der Waals surface area (Å²) in [5, 5.41) is 0.338. The quantitative estimate of drug-likeness (QED) is 0.369. The lowest BCUT2D eigenvalue weighted by atomic mass is 9.95. The molecular formula is C27H25ClFNO3. The first-order valence-corrected chi connectivity index (χ1v) is 11.2. The standard InChI is InChI=1S/C27H25ClFNO3/c1-16-7-10-26(33-15-18-8-9-20(29)13-25(18)28)24(11-16)22-6-4-5-21(22)19-12-23(27(31)32-3)17(2)30-14-19/h7-14H,4-6,15H2,1-3H3. The number of carbonyl (C=O) groups is 1. The molecule has 4 rings (SSSR count). The van der Waals surface area contributed by atoms with Crippen molar-refractivity contribution in [2.45, 2.75) is 39.7 Å². The number of ether oxygens (including phenoxy) is 2. The number of pyridine rings is 1. The second-order valence-corrected chi connectivity index (χ2v) is 8.59. The van der Waals surface area contributed by atoms with Crippen LogP contribution in [0.4, 0.5) is 4.39 Å². The fourth-order valence-corrected chi connectivity index (χ4v) is 4.40. The lowest BCUT2D eigenvalue weighted by Gasteiger charge is -2.16. The predicted octanol–water partition coefficient (Wildman–Crippen LogP) is 6.95. The van der Waals surface area contributed by atoms with Crippen LogP contribution in [0.15, 0.2) is 48.7 Å². The van der Waals surface area contributed by atoms with Crippen molar-refractivity contribution in [1.29, 1.82) is 0 Å². The highest BCUT2D eigenvalue weighted by atomic mass is 35.5. The van der Waals surface area contributed by atoms with Crippen molar-refractivity contribution in [2.75, 3.05) is 7.11 Å². The van der Waals surface area contributed by atoms with E-state index in [1.807, 2.05) is 31.3 Å². The van der Waals surface area contributed by atoms with Crippen LogP contribution < -0.4 is 4.74 Å². The minimum absolute atomic E-state index is 0.233. The van der Waals surface area contributed by atoms with E-state index in [2.05, 4.69) is 11.1 Å². The maximum Gasteiger partial charge on any atom is 0.339 e. The summed E-state index contributed by atoms with van der Waals surface area (Å²) in [6.07, 6.45) is 4.60. The van der Waals surface area contributed by atoms with Gasteiger partial charge in [-0.3, -0.25) is 4.98 Å². The molecule has 0 fully saturated rings. The lowest BCUT2D eigenvalue weighted by Crippen LogP contribution is -2.06. The molecule has 0 aliphatic heterocycles. The Hall–Kier alpha value is -3.18. The van der Waals surface area contributed by atoms with E-state index >= 15 is 0 Å². The van der Waals surface area contributed by atoms with Crippen LogP contribution in [0.5, 0.6) is 5.75 Å². The largest absolute Gasteiger partial charge is 0.488 e. The first kappa shape index (κ1) is 23.0.